The Morgan fingerprint density at radius 1 is 0.941 bits per heavy atom. The van der Waals surface area contributed by atoms with E-state index in [1.807, 2.05) is 38.1 Å². The summed E-state index contributed by atoms with van der Waals surface area (Å²) in [6.45, 7) is 5.17. The molecule has 3 heterocycles. The Hall–Kier alpha value is -3.23. The van der Waals surface area contributed by atoms with Gasteiger partial charge in [-0.15, -0.1) is 0 Å². The fourth-order valence-corrected chi connectivity index (χ4v) is 6.78. The van der Waals surface area contributed by atoms with Gasteiger partial charge >= 0.3 is 0 Å². The quantitative estimate of drug-likeness (QED) is 0.623. The fraction of sp³-hybridized carbons (Fsp3) is 0.308. The lowest BCUT2D eigenvalue weighted by molar-refractivity contribution is 0.102. The van der Waals surface area contributed by atoms with Crippen LogP contribution in [0.5, 0.6) is 0 Å². The zero-order valence-electron chi connectivity index (χ0n) is 19.2. The minimum atomic E-state index is -3.69. The van der Waals surface area contributed by atoms with Crippen molar-refractivity contribution in [1.29, 1.82) is 0 Å². The number of hydrogen-bond donors (Lipinski definition) is 1. The maximum absolute atomic E-state index is 13.4. The van der Waals surface area contributed by atoms with E-state index >= 15 is 0 Å². The highest BCUT2D eigenvalue weighted by Crippen LogP contribution is 2.37. The van der Waals surface area contributed by atoms with Crippen LogP contribution in [0.15, 0.2) is 70.4 Å². The molecule has 1 N–H and O–H groups in total. The topological polar surface area (TPSA) is 88.5 Å². The van der Waals surface area contributed by atoms with Crippen LogP contribution in [0.25, 0.3) is 0 Å². The largest absolute Gasteiger partial charge is 0.322 e. The normalized spacial score (nSPS) is 19.9. The van der Waals surface area contributed by atoms with E-state index in [1.54, 1.807) is 28.8 Å². The van der Waals surface area contributed by atoms with E-state index in [9.17, 15) is 18.0 Å². The molecule has 5 rings (SSSR count). The molecule has 1 saturated heterocycles. The first-order chi connectivity index (χ1) is 16.2. The molecule has 34 heavy (non-hydrogen) atoms. The molecule has 1 fully saturated rings. The first-order valence-electron chi connectivity index (χ1n) is 11.4. The highest BCUT2D eigenvalue weighted by molar-refractivity contribution is 7.89. The van der Waals surface area contributed by atoms with Gasteiger partial charge in [-0.3, -0.25) is 9.59 Å². The van der Waals surface area contributed by atoms with Gasteiger partial charge in [-0.1, -0.05) is 23.3 Å². The number of hydrogen-bond acceptors (Lipinski definition) is 4. The number of anilines is 1. The third-order valence-corrected chi connectivity index (χ3v) is 8.53. The molecule has 2 unspecified atom stereocenters. The first-order valence-corrected chi connectivity index (χ1v) is 12.8. The van der Waals surface area contributed by atoms with Crippen molar-refractivity contribution in [1.82, 2.24) is 8.87 Å². The van der Waals surface area contributed by atoms with Crippen molar-refractivity contribution in [3.05, 3.63) is 93.4 Å². The molecule has 0 saturated carbocycles. The van der Waals surface area contributed by atoms with Crippen LogP contribution in [0.3, 0.4) is 0 Å². The highest BCUT2D eigenvalue weighted by Gasteiger charge is 2.39. The molecule has 2 aromatic carbocycles. The molecule has 8 heteroatoms. The van der Waals surface area contributed by atoms with Gasteiger partial charge in [0.05, 0.1) is 4.90 Å². The van der Waals surface area contributed by atoms with Gasteiger partial charge in [-0.05, 0) is 68.7 Å². The van der Waals surface area contributed by atoms with E-state index in [2.05, 4.69) is 5.32 Å². The lowest BCUT2D eigenvalue weighted by Crippen LogP contribution is -2.48. The number of pyridine rings is 1. The maximum atomic E-state index is 13.4. The van der Waals surface area contributed by atoms with Crippen molar-refractivity contribution in [2.24, 2.45) is 5.92 Å². The summed E-state index contributed by atoms with van der Waals surface area (Å²) in [5, 5.41) is 2.84. The van der Waals surface area contributed by atoms with Crippen LogP contribution in [-0.4, -0.2) is 36.3 Å². The van der Waals surface area contributed by atoms with E-state index < -0.39 is 10.0 Å². The van der Waals surface area contributed by atoms with Gasteiger partial charge in [0.25, 0.3) is 11.5 Å². The standard InChI is InChI=1S/C26H27N3O4S/c1-17-10-18(2)12-20(11-17)26(31)27-22-6-8-23(9-7-22)34(32,33)28-14-19-13-21(16-28)24-4-3-5-25(30)29(24)15-19/h3-12,19,21H,13-16H2,1-2H3,(H,27,31). The SMILES string of the molecule is Cc1cc(C)cc(C(=O)Nc2ccc(S(=O)(=O)N3CC4CC(C3)c3cccc(=O)n3C4)cc2)c1. The summed E-state index contributed by atoms with van der Waals surface area (Å²) in [5.74, 6) is -0.120. The molecule has 2 aliphatic rings. The summed E-state index contributed by atoms with van der Waals surface area (Å²) in [7, 11) is -3.69. The number of amides is 1. The summed E-state index contributed by atoms with van der Waals surface area (Å²) in [6, 6.07) is 17.2. The number of carbonyl (C=O) groups excluding carboxylic acids is 1. The van der Waals surface area contributed by atoms with E-state index in [0.717, 1.165) is 23.2 Å². The molecule has 7 nitrogen and oxygen atoms in total. The van der Waals surface area contributed by atoms with Gasteiger partial charge in [0, 0.05) is 48.6 Å². The third kappa shape index (κ3) is 4.19. The minimum absolute atomic E-state index is 0.00697. The van der Waals surface area contributed by atoms with E-state index in [0.29, 0.717) is 30.9 Å². The predicted octanol–water partition coefficient (Wildman–Crippen LogP) is 3.53. The zero-order chi connectivity index (χ0) is 24.0. The molecule has 176 valence electrons. The summed E-state index contributed by atoms with van der Waals surface area (Å²) >= 11 is 0. The van der Waals surface area contributed by atoms with Crippen LogP contribution in [0.2, 0.25) is 0 Å². The van der Waals surface area contributed by atoms with Crippen LogP contribution in [0.4, 0.5) is 5.69 Å². The van der Waals surface area contributed by atoms with Crippen molar-refractivity contribution in [2.75, 3.05) is 18.4 Å². The molecule has 0 aliphatic carbocycles. The summed E-state index contributed by atoms with van der Waals surface area (Å²) in [4.78, 5) is 25.0. The molecule has 2 bridgehead atoms. The second-order valence-corrected chi connectivity index (χ2v) is 11.3. The number of aromatic nitrogens is 1. The second-order valence-electron chi connectivity index (χ2n) is 9.38. The van der Waals surface area contributed by atoms with Gasteiger partial charge in [-0.2, -0.15) is 4.31 Å². The lowest BCUT2D eigenvalue weighted by Gasteiger charge is -2.42. The van der Waals surface area contributed by atoms with E-state index in [1.165, 1.54) is 16.4 Å². The first kappa shape index (κ1) is 22.6. The van der Waals surface area contributed by atoms with Crippen molar-refractivity contribution >= 4 is 21.6 Å². The van der Waals surface area contributed by atoms with Crippen LogP contribution in [-0.2, 0) is 16.6 Å². The Kier molecular flexibility index (Phi) is 5.65. The van der Waals surface area contributed by atoms with Crippen molar-refractivity contribution in [2.45, 2.75) is 37.6 Å². The number of nitrogens with zero attached hydrogens (tertiary/aromatic N) is 2. The second kappa shape index (κ2) is 8.52. The average Bonchev–Trinajstić information content (AvgIpc) is 2.79. The Morgan fingerprint density at radius 3 is 2.35 bits per heavy atom. The van der Waals surface area contributed by atoms with Gasteiger partial charge in [-0.25, -0.2) is 8.42 Å². The number of fused-ring (bicyclic) bond motifs is 4. The molecule has 2 aliphatic heterocycles. The Bertz CT molecular complexity index is 1410. The number of rotatable bonds is 4. The Labute approximate surface area is 199 Å². The summed E-state index contributed by atoms with van der Waals surface area (Å²) in [6.07, 6.45) is 0.888. The van der Waals surface area contributed by atoms with Crippen LogP contribution in [0.1, 0.15) is 39.5 Å². The average molecular weight is 478 g/mol. The van der Waals surface area contributed by atoms with Crippen molar-refractivity contribution < 1.29 is 13.2 Å². The van der Waals surface area contributed by atoms with Gasteiger partial charge < -0.3 is 9.88 Å². The number of sulfonamides is 1. The van der Waals surface area contributed by atoms with Gasteiger partial charge in [0.15, 0.2) is 0 Å². The number of carbonyl (C=O) groups is 1. The molecule has 1 amide bonds. The number of piperidine rings is 1. The number of benzene rings is 2. The molecular formula is C26H27N3O4S. The molecule has 0 radical (unpaired) electrons. The minimum Gasteiger partial charge on any atom is -0.322 e. The number of aryl methyl sites for hydroxylation is 2. The molecule has 3 aromatic rings. The molecule has 0 spiro atoms. The fourth-order valence-electron chi connectivity index (χ4n) is 5.22. The van der Waals surface area contributed by atoms with Crippen molar-refractivity contribution in [3.63, 3.8) is 0 Å². The van der Waals surface area contributed by atoms with Crippen molar-refractivity contribution in [3.8, 4) is 0 Å². The Balaban J connectivity index is 1.33. The van der Waals surface area contributed by atoms with Crippen LogP contribution in [0, 0.1) is 19.8 Å². The summed E-state index contributed by atoms with van der Waals surface area (Å²) in [5.41, 5.74) is 3.99. The molecule has 2 atom stereocenters. The van der Waals surface area contributed by atoms with Crippen LogP contribution < -0.4 is 10.9 Å². The monoisotopic (exact) mass is 477 g/mol. The molecular weight excluding hydrogens is 450 g/mol. The highest BCUT2D eigenvalue weighted by atomic mass is 32.2. The Morgan fingerprint density at radius 2 is 1.65 bits per heavy atom. The predicted molar refractivity (Wildman–Crippen MR) is 131 cm³/mol. The van der Waals surface area contributed by atoms with Crippen LogP contribution >= 0.6 is 0 Å². The third-order valence-electron chi connectivity index (χ3n) is 6.68. The van der Waals surface area contributed by atoms with E-state index in [-0.39, 0.29) is 28.2 Å². The maximum Gasteiger partial charge on any atom is 0.255 e. The zero-order valence-corrected chi connectivity index (χ0v) is 20.0. The molecule has 1 aromatic heterocycles. The van der Waals surface area contributed by atoms with Gasteiger partial charge in [0.1, 0.15) is 0 Å². The van der Waals surface area contributed by atoms with E-state index in [4.69, 9.17) is 0 Å². The summed E-state index contributed by atoms with van der Waals surface area (Å²) < 4.78 is 30.1. The lowest BCUT2D eigenvalue weighted by atomic mass is 9.84. The smallest absolute Gasteiger partial charge is 0.255 e. The van der Waals surface area contributed by atoms with Gasteiger partial charge in [0.2, 0.25) is 10.0 Å². The number of nitrogens with one attached hydrogen (secondary N) is 1.